The number of amides is 1. The number of nitrogens with two attached hydrogens (primary N) is 1. The molecule has 0 aliphatic carbocycles. The Kier molecular flexibility index (Phi) is 6.89. The normalized spacial score (nSPS) is 25.5. The molecule has 8 heteroatoms. The number of primary amides is 1. The third-order valence-corrected chi connectivity index (χ3v) is 6.65. The highest BCUT2D eigenvalue weighted by molar-refractivity contribution is 6.31. The van der Waals surface area contributed by atoms with Crippen molar-refractivity contribution in [2.24, 2.45) is 11.1 Å². The standard InChI is InChI=1S/C24H28Cl2FN3O2/c1-23(2,3)11-19-24(12-31,15-9-17(27)16(26)10-18(15)29-4)20(21(30-19)22(28)32)13-6-5-7-14(25)8-13/h5-10,12,19-21,29-30H,11H2,1-4H3,(H2,28,32). The Balaban J connectivity index is 2.39. The first-order valence-electron chi connectivity index (χ1n) is 10.4. The van der Waals surface area contributed by atoms with E-state index in [1.54, 1.807) is 31.3 Å². The molecule has 1 fully saturated rings. The molecular formula is C24H28Cl2FN3O2. The molecule has 0 saturated carbocycles. The van der Waals surface area contributed by atoms with E-state index in [0.717, 1.165) is 6.29 Å². The van der Waals surface area contributed by atoms with Gasteiger partial charge in [0.05, 0.1) is 16.5 Å². The molecule has 1 aliphatic heterocycles. The van der Waals surface area contributed by atoms with Crippen LogP contribution in [-0.4, -0.2) is 31.3 Å². The molecular weight excluding hydrogens is 452 g/mol. The number of nitrogens with one attached hydrogen (secondary N) is 2. The number of hydrogen-bond donors (Lipinski definition) is 3. The molecule has 2 aromatic rings. The van der Waals surface area contributed by atoms with Gasteiger partial charge in [-0.15, -0.1) is 0 Å². The Bertz CT molecular complexity index is 1040. The molecule has 0 spiro atoms. The Labute approximate surface area is 197 Å². The predicted octanol–water partition coefficient (Wildman–Crippen LogP) is 4.66. The highest BCUT2D eigenvalue weighted by Crippen LogP contribution is 2.52. The number of hydrogen-bond acceptors (Lipinski definition) is 4. The van der Waals surface area contributed by atoms with Gasteiger partial charge in [0.25, 0.3) is 0 Å². The minimum absolute atomic E-state index is 0.0665. The summed E-state index contributed by atoms with van der Waals surface area (Å²) in [5.74, 6) is -1.96. The van der Waals surface area contributed by atoms with Crippen molar-refractivity contribution >= 4 is 41.1 Å². The van der Waals surface area contributed by atoms with Crippen molar-refractivity contribution in [3.63, 3.8) is 0 Å². The van der Waals surface area contributed by atoms with E-state index in [0.29, 0.717) is 28.3 Å². The van der Waals surface area contributed by atoms with Gasteiger partial charge in [0, 0.05) is 29.7 Å². The third-order valence-electron chi connectivity index (χ3n) is 6.13. The van der Waals surface area contributed by atoms with E-state index in [9.17, 15) is 14.0 Å². The summed E-state index contributed by atoms with van der Waals surface area (Å²) >= 11 is 12.3. The Morgan fingerprint density at radius 3 is 2.50 bits per heavy atom. The molecule has 4 N–H and O–H groups in total. The fraction of sp³-hybridized carbons (Fsp3) is 0.417. The molecule has 1 amide bonds. The van der Waals surface area contributed by atoms with Gasteiger partial charge in [-0.05, 0) is 47.2 Å². The SMILES string of the molecule is CNc1cc(Cl)c(F)cc1C1(C=O)C(CC(C)(C)C)NC(C(N)=O)C1c1cccc(Cl)c1. The lowest BCUT2D eigenvalue weighted by atomic mass is 9.62. The van der Waals surface area contributed by atoms with Crippen molar-refractivity contribution in [1.82, 2.24) is 5.32 Å². The van der Waals surface area contributed by atoms with Crippen molar-refractivity contribution in [3.8, 4) is 0 Å². The number of benzene rings is 2. The molecule has 3 rings (SSSR count). The van der Waals surface area contributed by atoms with Gasteiger partial charge >= 0.3 is 0 Å². The van der Waals surface area contributed by atoms with Crippen molar-refractivity contribution < 1.29 is 14.0 Å². The average molecular weight is 480 g/mol. The number of carbonyl (C=O) groups is 2. The van der Waals surface area contributed by atoms with Crippen LogP contribution in [0.1, 0.15) is 44.2 Å². The number of aldehydes is 1. The molecule has 0 bridgehead atoms. The summed E-state index contributed by atoms with van der Waals surface area (Å²) in [5.41, 5.74) is 5.86. The first-order chi connectivity index (χ1) is 14.9. The molecule has 2 aromatic carbocycles. The van der Waals surface area contributed by atoms with E-state index < -0.39 is 35.1 Å². The highest BCUT2D eigenvalue weighted by atomic mass is 35.5. The second-order valence-corrected chi connectivity index (χ2v) is 10.4. The molecule has 32 heavy (non-hydrogen) atoms. The zero-order chi connectivity index (χ0) is 23.8. The molecule has 1 aliphatic rings. The van der Waals surface area contributed by atoms with Crippen molar-refractivity contribution in [2.75, 3.05) is 12.4 Å². The average Bonchev–Trinajstić information content (AvgIpc) is 3.03. The van der Waals surface area contributed by atoms with Crippen LogP contribution in [0.5, 0.6) is 0 Å². The van der Waals surface area contributed by atoms with Crippen LogP contribution in [0.4, 0.5) is 10.1 Å². The quantitative estimate of drug-likeness (QED) is 0.526. The van der Waals surface area contributed by atoms with Crippen LogP contribution in [0, 0.1) is 11.2 Å². The zero-order valence-corrected chi connectivity index (χ0v) is 20.0. The van der Waals surface area contributed by atoms with Crippen molar-refractivity contribution in [2.45, 2.75) is 50.6 Å². The molecule has 0 aromatic heterocycles. The van der Waals surface area contributed by atoms with Crippen LogP contribution in [0.2, 0.25) is 10.0 Å². The minimum Gasteiger partial charge on any atom is -0.388 e. The second kappa shape index (κ2) is 9.00. The monoisotopic (exact) mass is 479 g/mol. The summed E-state index contributed by atoms with van der Waals surface area (Å²) in [4.78, 5) is 25.7. The van der Waals surface area contributed by atoms with Gasteiger partial charge in [-0.25, -0.2) is 4.39 Å². The summed E-state index contributed by atoms with van der Waals surface area (Å²) in [7, 11) is 1.67. The van der Waals surface area contributed by atoms with Crippen LogP contribution in [0.3, 0.4) is 0 Å². The maximum absolute atomic E-state index is 14.8. The first-order valence-corrected chi connectivity index (χ1v) is 11.1. The van der Waals surface area contributed by atoms with E-state index in [-0.39, 0.29) is 10.4 Å². The Morgan fingerprint density at radius 1 is 1.28 bits per heavy atom. The number of rotatable bonds is 6. The van der Waals surface area contributed by atoms with E-state index in [1.165, 1.54) is 12.1 Å². The molecule has 0 radical (unpaired) electrons. The number of carbonyl (C=O) groups excluding carboxylic acids is 2. The van der Waals surface area contributed by atoms with Gasteiger partial charge in [0.2, 0.25) is 5.91 Å². The van der Waals surface area contributed by atoms with Gasteiger partial charge in [-0.3, -0.25) is 4.79 Å². The zero-order valence-electron chi connectivity index (χ0n) is 18.5. The van der Waals surface area contributed by atoms with Crippen LogP contribution in [0.25, 0.3) is 0 Å². The van der Waals surface area contributed by atoms with Gasteiger partial charge in [0.1, 0.15) is 12.1 Å². The van der Waals surface area contributed by atoms with Crippen molar-refractivity contribution in [3.05, 3.63) is 63.4 Å². The van der Waals surface area contributed by atoms with Gasteiger partial charge in [-0.2, -0.15) is 0 Å². The smallest absolute Gasteiger partial charge is 0.235 e. The predicted molar refractivity (Wildman–Crippen MR) is 127 cm³/mol. The highest BCUT2D eigenvalue weighted by Gasteiger charge is 2.59. The largest absolute Gasteiger partial charge is 0.388 e. The van der Waals surface area contributed by atoms with Gasteiger partial charge in [0.15, 0.2) is 0 Å². The Morgan fingerprint density at radius 2 is 1.97 bits per heavy atom. The van der Waals surface area contributed by atoms with E-state index in [1.807, 2.05) is 20.8 Å². The maximum Gasteiger partial charge on any atom is 0.235 e. The lowest BCUT2D eigenvalue weighted by Gasteiger charge is -2.39. The van der Waals surface area contributed by atoms with E-state index in [2.05, 4.69) is 10.6 Å². The fourth-order valence-corrected chi connectivity index (χ4v) is 5.25. The van der Waals surface area contributed by atoms with Crippen LogP contribution in [-0.2, 0) is 15.0 Å². The molecule has 4 atom stereocenters. The van der Waals surface area contributed by atoms with E-state index >= 15 is 0 Å². The van der Waals surface area contributed by atoms with Crippen LogP contribution in [0.15, 0.2) is 36.4 Å². The minimum atomic E-state index is -1.32. The molecule has 5 nitrogen and oxygen atoms in total. The van der Waals surface area contributed by atoms with Crippen LogP contribution >= 0.6 is 23.2 Å². The summed E-state index contributed by atoms with van der Waals surface area (Å²) in [6.07, 6.45) is 1.34. The lowest BCUT2D eigenvalue weighted by molar-refractivity contribution is -0.120. The third kappa shape index (κ3) is 4.36. The number of halogens is 3. The van der Waals surface area contributed by atoms with E-state index in [4.69, 9.17) is 28.9 Å². The van der Waals surface area contributed by atoms with Crippen molar-refractivity contribution in [1.29, 1.82) is 0 Å². The maximum atomic E-state index is 14.8. The summed E-state index contributed by atoms with van der Waals surface area (Å²) in [6.45, 7) is 6.12. The second-order valence-electron chi connectivity index (χ2n) is 9.51. The summed E-state index contributed by atoms with van der Waals surface area (Å²) in [6, 6.07) is 8.35. The van der Waals surface area contributed by atoms with Gasteiger partial charge in [-0.1, -0.05) is 56.1 Å². The summed E-state index contributed by atoms with van der Waals surface area (Å²) in [5, 5.41) is 6.73. The van der Waals surface area contributed by atoms with Crippen LogP contribution < -0.4 is 16.4 Å². The first kappa shape index (κ1) is 24.5. The molecule has 4 unspecified atom stereocenters. The van der Waals surface area contributed by atoms with Gasteiger partial charge < -0.3 is 21.2 Å². The topological polar surface area (TPSA) is 84.2 Å². The number of anilines is 1. The lowest BCUT2D eigenvalue weighted by Crippen LogP contribution is -2.46. The Hall–Kier alpha value is -2.15. The molecule has 1 heterocycles. The molecule has 1 saturated heterocycles. The fourth-order valence-electron chi connectivity index (χ4n) is 4.88. The molecule has 172 valence electrons. The summed E-state index contributed by atoms with van der Waals surface area (Å²) < 4.78 is 14.8.